The van der Waals surface area contributed by atoms with Gasteiger partial charge in [0.25, 0.3) is 0 Å². The lowest BCUT2D eigenvalue weighted by Crippen LogP contribution is -2.25. The first-order valence-electron chi connectivity index (χ1n) is 2.48. The molecule has 9 heavy (non-hydrogen) atoms. The van der Waals surface area contributed by atoms with Crippen molar-refractivity contribution in [3.63, 3.8) is 0 Å². The van der Waals surface area contributed by atoms with E-state index in [9.17, 15) is 18.0 Å². The van der Waals surface area contributed by atoms with Gasteiger partial charge in [0.15, 0.2) is 0 Å². The summed E-state index contributed by atoms with van der Waals surface area (Å²) in [6.45, 7) is 0. The third kappa shape index (κ3) is 0.821. The van der Waals surface area contributed by atoms with Crippen molar-refractivity contribution in [2.24, 2.45) is 5.41 Å². The lowest BCUT2D eigenvalue weighted by molar-refractivity contribution is -0.165. The average Bonchev–Trinajstić information content (AvgIpc) is 2.40. The van der Waals surface area contributed by atoms with Crippen LogP contribution in [0.5, 0.6) is 0 Å². The monoisotopic (exact) mass is 137 g/mol. The average molecular weight is 137 g/mol. The summed E-state index contributed by atoms with van der Waals surface area (Å²) in [4.78, 5) is 9.69. The van der Waals surface area contributed by atoms with Crippen molar-refractivity contribution in [2.45, 2.75) is 19.0 Å². The Bertz CT molecular complexity index is 134. The molecule has 1 aliphatic rings. The maximum absolute atomic E-state index is 11.6. The molecule has 0 aromatic carbocycles. The lowest BCUT2D eigenvalue weighted by Gasteiger charge is -2.09. The van der Waals surface area contributed by atoms with Crippen LogP contribution in [0, 0.1) is 5.41 Å². The zero-order chi connectivity index (χ0) is 7.12. The fraction of sp³-hybridized carbons (Fsp3) is 0.800. The van der Waals surface area contributed by atoms with E-state index in [-0.39, 0.29) is 12.8 Å². The molecule has 0 aromatic heterocycles. The molecule has 0 spiro atoms. The van der Waals surface area contributed by atoms with Gasteiger partial charge in [0.05, 0.1) is 0 Å². The van der Waals surface area contributed by atoms with Gasteiger partial charge in [0.1, 0.15) is 5.41 Å². The van der Waals surface area contributed by atoms with Crippen molar-refractivity contribution < 1.29 is 18.0 Å². The largest absolute Gasteiger partial charge is 0.401 e. The molecular weight excluding hydrogens is 133 g/mol. The third-order valence-corrected chi connectivity index (χ3v) is 1.49. The summed E-state index contributed by atoms with van der Waals surface area (Å²) in [5.74, 6) is 0. The molecule has 0 unspecified atom stereocenters. The molecule has 0 atom stereocenters. The first-order valence-corrected chi connectivity index (χ1v) is 2.48. The Labute approximate surface area is 49.9 Å². The Kier molecular flexibility index (Phi) is 1.09. The minimum Gasteiger partial charge on any atom is -0.290 e. The normalized spacial score (nSPS) is 23.4. The number of carbonyl (C=O) groups excluding carboxylic acids is 1. The molecule has 1 fully saturated rings. The molecule has 0 heterocycles. The Morgan fingerprint density at radius 2 is 1.78 bits per heavy atom. The molecule has 1 nitrogen and oxygen atoms in total. The second kappa shape index (κ2) is 1.49. The topological polar surface area (TPSA) is 17.1 Å². The molecular formula is C5H4F3O. The minimum atomic E-state index is -4.37. The van der Waals surface area contributed by atoms with Crippen LogP contribution in [-0.2, 0) is 4.79 Å². The molecule has 51 valence electrons. The molecule has 1 radical (unpaired) electrons. The predicted molar refractivity (Wildman–Crippen MR) is 23.4 cm³/mol. The Morgan fingerprint density at radius 1 is 1.33 bits per heavy atom. The molecule has 0 N–H and O–H groups in total. The fourth-order valence-electron chi connectivity index (χ4n) is 0.568. The van der Waals surface area contributed by atoms with Crippen LogP contribution in [0.15, 0.2) is 0 Å². The summed E-state index contributed by atoms with van der Waals surface area (Å²) in [6, 6.07) is 0. The van der Waals surface area contributed by atoms with Crippen LogP contribution in [0.25, 0.3) is 0 Å². The molecule has 1 saturated carbocycles. The highest BCUT2D eigenvalue weighted by Crippen LogP contribution is 2.55. The van der Waals surface area contributed by atoms with Crippen LogP contribution in [-0.4, -0.2) is 12.5 Å². The number of alkyl halides is 3. The van der Waals surface area contributed by atoms with Gasteiger partial charge in [-0.1, -0.05) is 0 Å². The van der Waals surface area contributed by atoms with Gasteiger partial charge in [-0.15, -0.1) is 0 Å². The number of hydrogen-bond donors (Lipinski definition) is 0. The standard InChI is InChI=1S/C5H4F3O/c6-5(7,8)4(3-9)1-2-4/h1-2H2. The first-order chi connectivity index (χ1) is 4.02. The molecule has 0 bridgehead atoms. The van der Waals surface area contributed by atoms with E-state index in [1.165, 1.54) is 0 Å². The maximum Gasteiger partial charge on any atom is 0.401 e. The summed E-state index contributed by atoms with van der Waals surface area (Å²) < 4.78 is 34.9. The molecule has 1 rings (SSSR count). The van der Waals surface area contributed by atoms with Gasteiger partial charge >= 0.3 is 6.18 Å². The van der Waals surface area contributed by atoms with Crippen LogP contribution < -0.4 is 0 Å². The van der Waals surface area contributed by atoms with Crippen molar-refractivity contribution in [3.8, 4) is 0 Å². The van der Waals surface area contributed by atoms with E-state index in [0.29, 0.717) is 0 Å². The van der Waals surface area contributed by atoms with E-state index in [2.05, 4.69) is 0 Å². The van der Waals surface area contributed by atoms with Crippen molar-refractivity contribution in [2.75, 3.05) is 0 Å². The van der Waals surface area contributed by atoms with E-state index in [4.69, 9.17) is 0 Å². The summed E-state index contributed by atoms with van der Waals surface area (Å²) in [5, 5.41) is 0. The second-order valence-electron chi connectivity index (χ2n) is 2.18. The molecule has 1 aliphatic carbocycles. The highest BCUT2D eigenvalue weighted by Gasteiger charge is 2.64. The molecule has 0 amide bonds. The zero-order valence-corrected chi connectivity index (χ0v) is 4.46. The predicted octanol–water partition coefficient (Wildman–Crippen LogP) is 1.44. The van der Waals surface area contributed by atoms with Crippen LogP contribution in [0.2, 0.25) is 0 Å². The van der Waals surface area contributed by atoms with Gasteiger partial charge in [0, 0.05) is 0 Å². The first kappa shape index (κ1) is 6.58. The lowest BCUT2D eigenvalue weighted by atomic mass is 10.1. The van der Waals surface area contributed by atoms with Crippen LogP contribution in [0.1, 0.15) is 12.8 Å². The van der Waals surface area contributed by atoms with Crippen molar-refractivity contribution in [3.05, 3.63) is 0 Å². The van der Waals surface area contributed by atoms with Gasteiger partial charge < -0.3 is 0 Å². The Morgan fingerprint density at radius 3 is 1.78 bits per heavy atom. The zero-order valence-electron chi connectivity index (χ0n) is 4.46. The van der Waals surface area contributed by atoms with E-state index < -0.39 is 11.6 Å². The van der Waals surface area contributed by atoms with Gasteiger partial charge in [-0.2, -0.15) is 13.2 Å². The van der Waals surface area contributed by atoms with E-state index in [0.717, 1.165) is 6.29 Å². The second-order valence-corrected chi connectivity index (χ2v) is 2.18. The molecule has 4 heteroatoms. The summed E-state index contributed by atoms with van der Waals surface area (Å²) in [5.41, 5.74) is -2.08. The highest BCUT2D eigenvalue weighted by molar-refractivity contribution is 5.65. The van der Waals surface area contributed by atoms with Crippen LogP contribution >= 0.6 is 0 Å². The number of halogens is 3. The molecule has 0 aromatic rings. The summed E-state index contributed by atoms with van der Waals surface area (Å²) in [6.07, 6.45) is -3.52. The Balaban J connectivity index is 2.71. The fourth-order valence-corrected chi connectivity index (χ4v) is 0.568. The van der Waals surface area contributed by atoms with Gasteiger partial charge in [-0.3, -0.25) is 4.79 Å². The van der Waals surface area contributed by atoms with Crippen molar-refractivity contribution in [1.82, 2.24) is 0 Å². The summed E-state index contributed by atoms with van der Waals surface area (Å²) >= 11 is 0. The third-order valence-electron chi connectivity index (χ3n) is 1.49. The minimum absolute atomic E-state index is 0.0833. The van der Waals surface area contributed by atoms with Gasteiger partial charge in [-0.05, 0) is 12.8 Å². The molecule has 0 aliphatic heterocycles. The van der Waals surface area contributed by atoms with Gasteiger partial charge in [-0.25, -0.2) is 0 Å². The number of rotatable bonds is 1. The quantitative estimate of drug-likeness (QED) is 0.534. The summed E-state index contributed by atoms with van der Waals surface area (Å²) in [7, 11) is 0. The highest BCUT2D eigenvalue weighted by atomic mass is 19.4. The smallest absolute Gasteiger partial charge is 0.290 e. The van der Waals surface area contributed by atoms with E-state index in [1.54, 1.807) is 0 Å². The van der Waals surface area contributed by atoms with E-state index in [1.807, 2.05) is 0 Å². The van der Waals surface area contributed by atoms with Crippen LogP contribution in [0.3, 0.4) is 0 Å². The maximum atomic E-state index is 11.6. The van der Waals surface area contributed by atoms with Gasteiger partial charge in [0.2, 0.25) is 6.29 Å². The van der Waals surface area contributed by atoms with E-state index >= 15 is 0 Å². The van der Waals surface area contributed by atoms with Crippen molar-refractivity contribution in [1.29, 1.82) is 0 Å². The van der Waals surface area contributed by atoms with Crippen LogP contribution in [0.4, 0.5) is 13.2 Å². The molecule has 0 saturated heterocycles. The van der Waals surface area contributed by atoms with Crippen molar-refractivity contribution >= 4 is 6.29 Å². The Hall–Kier alpha value is -0.540. The SMILES string of the molecule is O=[C]C1(C(F)(F)F)CC1. The number of hydrogen-bond acceptors (Lipinski definition) is 1.